The summed E-state index contributed by atoms with van der Waals surface area (Å²) in [5.41, 5.74) is -1.57. The predicted molar refractivity (Wildman–Crippen MR) is 91.9 cm³/mol. The zero-order valence-corrected chi connectivity index (χ0v) is 15.6. The van der Waals surface area contributed by atoms with Crippen LogP contribution in [0.1, 0.15) is 31.1 Å². The number of amides is 1. The number of ether oxygens (including phenoxy) is 1. The van der Waals surface area contributed by atoms with Gasteiger partial charge < -0.3 is 15.2 Å². The molecular formula is C16H24N2O6S. The van der Waals surface area contributed by atoms with E-state index < -0.39 is 27.4 Å². The van der Waals surface area contributed by atoms with Crippen molar-refractivity contribution in [2.75, 3.05) is 26.8 Å². The molecule has 9 heteroatoms. The Morgan fingerprint density at radius 1 is 1.28 bits per heavy atom. The van der Waals surface area contributed by atoms with Crippen molar-refractivity contribution in [3.05, 3.63) is 29.8 Å². The molecule has 0 saturated carbocycles. The highest BCUT2D eigenvalue weighted by atomic mass is 32.2. The second kappa shape index (κ2) is 8.41. The highest BCUT2D eigenvalue weighted by Gasteiger charge is 2.35. The van der Waals surface area contributed by atoms with Gasteiger partial charge in [-0.15, -0.1) is 0 Å². The van der Waals surface area contributed by atoms with E-state index in [4.69, 9.17) is 4.74 Å². The first-order valence-corrected chi connectivity index (χ1v) is 9.21. The van der Waals surface area contributed by atoms with Gasteiger partial charge in [-0.3, -0.25) is 4.79 Å². The number of rotatable bonds is 9. The predicted octanol–water partition coefficient (Wildman–Crippen LogP) is 0.937. The number of sulfonamides is 1. The van der Waals surface area contributed by atoms with Crippen molar-refractivity contribution < 1.29 is 27.9 Å². The molecule has 1 rings (SSSR count). The van der Waals surface area contributed by atoms with E-state index in [1.54, 1.807) is 13.8 Å². The Kier molecular flexibility index (Phi) is 7.09. The highest BCUT2D eigenvalue weighted by Crippen LogP contribution is 2.17. The normalized spacial score (nSPS) is 14.1. The van der Waals surface area contributed by atoms with Crippen LogP contribution in [-0.4, -0.2) is 62.1 Å². The van der Waals surface area contributed by atoms with Crippen LogP contribution >= 0.6 is 0 Å². The Morgan fingerprint density at radius 2 is 1.88 bits per heavy atom. The van der Waals surface area contributed by atoms with Gasteiger partial charge in [0.1, 0.15) is 0 Å². The van der Waals surface area contributed by atoms with E-state index in [0.29, 0.717) is 13.1 Å². The third kappa shape index (κ3) is 4.77. The minimum atomic E-state index is -3.72. The Balaban J connectivity index is 3.17. The van der Waals surface area contributed by atoms with Gasteiger partial charge in [0.2, 0.25) is 10.0 Å². The molecule has 140 valence electrons. The molecule has 0 aliphatic rings. The number of methoxy groups -OCH3 is 1. The van der Waals surface area contributed by atoms with E-state index >= 15 is 0 Å². The molecule has 0 fully saturated rings. The molecule has 8 nitrogen and oxygen atoms in total. The number of hydrogen-bond donors (Lipinski definition) is 2. The summed E-state index contributed by atoms with van der Waals surface area (Å²) in [6.45, 7) is 5.14. The Bertz CT molecular complexity index is 730. The average molecular weight is 372 g/mol. The summed E-state index contributed by atoms with van der Waals surface area (Å²) in [7, 11) is -2.39. The molecule has 2 N–H and O–H groups in total. The van der Waals surface area contributed by atoms with Crippen molar-refractivity contribution in [1.82, 2.24) is 9.62 Å². The number of carbonyl (C=O) groups excluding carboxylic acids is 1. The molecule has 0 aliphatic heterocycles. The summed E-state index contributed by atoms with van der Waals surface area (Å²) >= 11 is 0. The lowest BCUT2D eigenvalue weighted by molar-refractivity contribution is -0.145. The summed E-state index contributed by atoms with van der Waals surface area (Å²) in [5.74, 6) is -1.95. The van der Waals surface area contributed by atoms with Crippen LogP contribution < -0.4 is 5.32 Å². The lowest BCUT2D eigenvalue weighted by Gasteiger charge is -2.25. The van der Waals surface area contributed by atoms with Crippen LogP contribution in [0, 0.1) is 0 Å². The first-order valence-electron chi connectivity index (χ1n) is 7.77. The van der Waals surface area contributed by atoms with E-state index in [2.05, 4.69) is 5.32 Å². The molecule has 1 unspecified atom stereocenters. The average Bonchev–Trinajstić information content (AvgIpc) is 2.55. The summed E-state index contributed by atoms with van der Waals surface area (Å²) in [6, 6.07) is 5.50. The molecule has 25 heavy (non-hydrogen) atoms. The Morgan fingerprint density at radius 3 is 2.36 bits per heavy atom. The van der Waals surface area contributed by atoms with Crippen LogP contribution in [0.2, 0.25) is 0 Å². The maximum atomic E-state index is 12.5. The van der Waals surface area contributed by atoms with E-state index in [1.165, 1.54) is 42.6 Å². The number of nitrogens with zero attached hydrogens (tertiary/aromatic N) is 1. The van der Waals surface area contributed by atoms with Crippen LogP contribution in [0.25, 0.3) is 0 Å². The molecule has 0 spiro atoms. The van der Waals surface area contributed by atoms with Crippen LogP contribution in [0.3, 0.4) is 0 Å². The van der Waals surface area contributed by atoms with Crippen molar-refractivity contribution in [3.63, 3.8) is 0 Å². The quantitative estimate of drug-likeness (QED) is 0.667. The second-order valence-electron chi connectivity index (χ2n) is 5.64. The number of benzene rings is 1. The monoisotopic (exact) mass is 372 g/mol. The summed E-state index contributed by atoms with van der Waals surface area (Å²) in [5, 5.41) is 11.7. The van der Waals surface area contributed by atoms with Gasteiger partial charge in [0.15, 0.2) is 5.54 Å². The first kappa shape index (κ1) is 21.1. The Hall–Kier alpha value is -1.97. The van der Waals surface area contributed by atoms with Gasteiger partial charge in [-0.25, -0.2) is 13.2 Å². The third-order valence-electron chi connectivity index (χ3n) is 3.73. The van der Waals surface area contributed by atoms with Crippen molar-refractivity contribution in [1.29, 1.82) is 0 Å². The van der Waals surface area contributed by atoms with Crippen LogP contribution in [0.15, 0.2) is 29.2 Å². The van der Waals surface area contributed by atoms with Gasteiger partial charge in [0.05, 0.1) is 11.5 Å². The van der Waals surface area contributed by atoms with Crippen LogP contribution in [-0.2, 0) is 19.6 Å². The van der Waals surface area contributed by atoms with Gasteiger partial charge in [-0.2, -0.15) is 4.31 Å². The standard InChI is InChI=1S/C16H24N2O6S/c1-5-18(6-2)25(22,23)13-9-7-8-12(10-13)14(19)17-16(3,11-24-4)15(20)21/h7-10H,5-6,11H2,1-4H3,(H,17,19)(H,20,21). The zero-order valence-electron chi connectivity index (χ0n) is 14.8. The Labute approximate surface area is 147 Å². The lowest BCUT2D eigenvalue weighted by atomic mass is 10.0. The number of nitrogens with one attached hydrogen (secondary N) is 1. The number of hydrogen-bond acceptors (Lipinski definition) is 5. The largest absolute Gasteiger partial charge is 0.479 e. The molecule has 1 aromatic carbocycles. The van der Waals surface area contributed by atoms with Crippen molar-refractivity contribution in [2.24, 2.45) is 0 Å². The number of aliphatic carboxylic acids is 1. The van der Waals surface area contributed by atoms with Gasteiger partial charge in [0.25, 0.3) is 5.91 Å². The summed E-state index contributed by atoms with van der Waals surface area (Å²) < 4.78 is 31.2. The van der Waals surface area contributed by atoms with E-state index in [0.717, 1.165) is 0 Å². The molecule has 1 amide bonds. The second-order valence-corrected chi connectivity index (χ2v) is 7.58. The van der Waals surface area contributed by atoms with Crippen molar-refractivity contribution >= 4 is 21.9 Å². The van der Waals surface area contributed by atoms with Crippen molar-refractivity contribution in [2.45, 2.75) is 31.2 Å². The van der Waals surface area contributed by atoms with Crippen LogP contribution in [0.5, 0.6) is 0 Å². The summed E-state index contributed by atoms with van der Waals surface area (Å²) in [6.07, 6.45) is 0. The highest BCUT2D eigenvalue weighted by molar-refractivity contribution is 7.89. The fourth-order valence-electron chi connectivity index (χ4n) is 2.27. The molecule has 0 aliphatic carbocycles. The molecule has 0 aromatic heterocycles. The smallest absolute Gasteiger partial charge is 0.331 e. The minimum Gasteiger partial charge on any atom is -0.479 e. The molecule has 0 heterocycles. The molecule has 0 radical (unpaired) electrons. The molecule has 1 aromatic rings. The maximum absolute atomic E-state index is 12.5. The van der Waals surface area contributed by atoms with Crippen LogP contribution in [0.4, 0.5) is 0 Å². The first-order chi connectivity index (χ1) is 11.6. The zero-order chi connectivity index (χ0) is 19.3. The lowest BCUT2D eigenvalue weighted by Crippen LogP contribution is -2.55. The van der Waals surface area contributed by atoms with Gasteiger partial charge in [-0.05, 0) is 25.1 Å². The van der Waals surface area contributed by atoms with E-state index in [-0.39, 0.29) is 17.1 Å². The van der Waals surface area contributed by atoms with Gasteiger partial charge >= 0.3 is 5.97 Å². The number of carboxylic acids is 1. The fraction of sp³-hybridized carbons (Fsp3) is 0.500. The maximum Gasteiger partial charge on any atom is 0.331 e. The van der Waals surface area contributed by atoms with E-state index in [1.807, 2.05) is 0 Å². The molecule has 0 saturated heterocycles. The number of carboxylic acid groups (broad SMARTS) is 1. The number of carbonyl (C=O) groups is 2. The molecule has 1 atom stereocenters. The van der Waals surface area contributed by atoms with Gasteiger partial charge in [0, 0.05) is 25.8 Å². The molecular weight excluding hydrogens is 348 g/mol. The third-order valence-corrected chi connectivity index (χ3v) is 5.78. The van der Waals surface area contributed by atoms with Crippen molar-refractivity contribution in [3.8, 4) is 0 Å². The van der Waals surface area contributed by atoms with Gasteiger partial charge in [-0.1, -0.05) is 19.9 Å². The fourth-order valence-corrected chi connectivity index (χ4v) is 3.78. The van der Waals surface area contributed by atoms with E-state index in [9.17, 15) is 23.1 Å². The molecule has 0 bridgehead atoms. The minimum absolute atomic E-state index is 0.0207. The summed E-state index contributed by atoms with van der Waals surface area (Å²) in [4.78, 5) is 23.7. The SMILES string of the molecule is CCN(CC)S(=O)(=O)c1cccc(C(=O)NC(C)(COC)C(=O)O)c1. The topological polar surface area (TPSA) is 113 Å².